The van der Waals surface area contributed by atoms with Crippen LogP contribution in [0.2, 0.25) is 0 Å². The van der Waals surface area contributed by atoms with E-state index in [0.29, 0.717) is 46.9 Å². The van der Waals surface area contributed by atoms with Crippen LogP contribution >= 0.6 is 0 Å². The summed E-state index contributed by atoms with van der Waals surface area (Å²) in [6, 6.07) is 25.8. The first-order valence-corrected chi connectivity index (χ1v) is 14.1. The van der Waals surface area contributed by atoms with Crippen LogP contribution in [-0.2, 0) is 26.0 Å². The summed E-state index contributed by atoms with van der Waals surface area (Å²) in [5.41, 5.74) is 2.46. The van der Waals surface area contributed by atoms with E-state index in [-0.39, 0.29) is 4.90 Å². The maximum absolute atomic E-state index is 14.4. The van der Waals surface area contributed by atoms with Crippen LogP contribution in [-0.4, -0.2) is 30.7 Å². The van der Waals surface area contributed by atoms with Gasteiger partial charge < -0.3 is 9.73 Å². The number of para-hydroxylation sites is 2. The van der Waals surface area contributed by atoms with Gasteiger partial charge in [-0.1, -0.05) is 54.6 Å². The van der Waals surface area contributed by atoms with Crippen molar-refractivity contribution in [2.24, 2.45) is 0 Å². The topological polar surface area (TPSA) is 102 Å². The van der Waals surface area contributed by atoms with Gasteiger partial charge in [-0.15, -0.1) is 0 Å². The Labute approximate surface area is 224 Å². The Kier molecular flexibility index (Phi) is 5.24. The Morgan fingerprint density at radius 2 is 1.46 bits per heavy atom. The fourth-order valence-corrected chi connectivity index (χ4v) is 7.54. The van der Waals surface area contributed by atoms with Crippen molar-refractivity contribution in [3.8, 4) is 0 Å². The van der Waals surface area contributed by atoms with Crippen molar-refractivity contribution < 1.29 is 22.4 Å². The van der Waals surface area contributed by atoms with Gasteiger partial charge in [-0.05, 0) is 48.4 Å². The lowest BCUT2D eigenvalue weighted by molar-refractivity contribution is -0.121. The van der Waals surface area contributed by atoms with Crippen LogP contribution in [0.5, 0.6) is 0 Å². The maximum atomic E-state index is 14.4. The molecule has 3 aromatic carbocycles. The minimum atomic E-state index is -4.14. The lowest BCUT2D eigenvalue weighted by Crippen LogP contribution is -2.31. The third-order valence-electron chi connectivity index (χ3n) is 7.56. The molecule has 0 radical (unpaired) electrons. The average Bonchev–Trinajstić information content (AvgIpc) is 3.62. The number of rotatable bonds is 3. The number of carbonyl (C=O) groups is 2. The van der Waals surface area contributed by atoms with Crippen LogP contribution in [0.1, 0.15) is 28.7 Å². The fourth-order valence-electron chi connectivity index (χ4n) is 5.93. The highest BCUT2D eigenvalue weighted by molar-refractivity contribution is 7.90. The van der Waals surface area contributed by atoms with E-state index in [4.69, 9.17) is 4.42 Å². The molecule has 7 rings (SSSR count). The molecule has 39 heavy (non-hydrogen) atoms. The fraction of sp³-hybridized carbons (Fsp3) is 0.133. The summed E-state index contributed by atoms with van der Waals surface area (Å²) in [6.45, 7) is 0.428. The number of anilines is 2. The molecule has 5 aromatic rings. The van der Waals surface area contributed by atoms with Crippen molar-refractivity contribution in [1.29, 1.82) is 0 Å². The largest absolute Gasteiger partial charge is 0.449 e. The van der Waals surface area contributed by atoms with E-state index in [1.807, 2.05) is 18.2 Å². The number of hydrogen-bond donors (Lipinski definition) is 1. The second kappa shape index (κ2) is 8.71. The van der Waals surface area contributed by atoms with Crippen LogP contribution in [0.25, 0.3) is 10.9 Å². The number of fused-ring (bicyclic) bond motifs is 7. The van der Waals surface area contributed by atoms with Crippen LogP contribution < -0.4 is 10.2 Å². The first kappa shape index (κ1) is 23.5. The number of hydrogen-bond acceptors (Lipinski definition) is 6. The van der Waals surface area contributed by atoms with E-state index in [9.17, 15) is 18.0 Å². The van der Waals surface area contributed by atoms with Gasteiger partial charge in [-0.25, -0.2) is 17.3 Å². The molecule has 2 aliphatic heterocycles. The highest BCUT2D eigenvalue weighted by atomic mass is 32.2. The summed E-state index contributed by atoms with van der Waals surface area (Å²) in [6.07, 6.45) is 1.90. The quantitative estimate of drug-likeness (QED) is 0.329. The first-order chi connectivity index (χ1) is 19.0. The second-order valence-corrected chi connectivity index (χ2v) is 11.4. The standard InChI is InChI=1S/C30H23N3O5S/c34-29-25-23-16-18-38-28(23)31-17-15-22-21-13-7-8-14-24(21)33(39(36,37)20-11-5-2-6-12-20)27(22)26(25)30(35)32(29)19-9-3-1-4-10-19/h1-14,16,18,25-26,31H,15,17H2/t25-,26+/m0/s1. The van der Waals surface area contributed by atoms with Crippen LogP contribution in [0, 0.1) is 0 Å². The number of imide groups is 1. The molecular formula is C30H23N3O5S. The van der Waals surface area contributed by atoms with Crippen LogP contribution in [0.4, 0.5) is 11.6 Å². The van der Waals surface area contributed by atoms with Gasteiger partial charge in [0, 0.05) is 17.5 Å². The number of nitrogens with zero attached hydrogens (tertiary/aromatic N) is 2. The third kappa shape index (κ3) is 3.39. The van der Waals surface area contributed by atoms with Gasteiger partial charge in [-0.2, -0.15) is 0 Å². The zero-order valence-corrected chi connectivity index (χ0v) is 21.5. The highest BCUT2D eigenvalue weighted by Crippen LogP contribution is 2.49. The molecule has 1 fully saturated rings. The summed E-state index contributed by atoms with van der Waals surface area (Å²) >= 11 is 0. The highest BCUT2D eigenvalue weighted by Gasteiger charge is 2.54. The van der Waals surface area contributed by atoms with E-state index >= 15 is 0 Å². The van der Waals surface area contributed by atoms with Gasteiger partial charge in [-0.3, -0.25) is 9.59 Å². The minimum Gasteiger partial charge on any atom is -0.449 e. The van der Waals surface area contributed by atoms with Crippen molar-refractivity contribution >= 4 is 44.3 Å². The van der Waals surface area contributed by atoms with Gasteiger partial charge in [0.2, 0.25) is 11.8 Å². The Balaban J connectivity index is 1.57. The number of amides is 2. The van der Waals surface area contributed by atoms with Gasteiger partial charge in [0.15, 0.2) is 5.88 Å². The number of benzene rings is 3. The van der Waals surface area contributed by atoms with E-state index in [1.165, 1.54) is 27.3 Å². The molecule has 2 amide bonds. The maximum Gasteiger partial charge on any atom is 0.268 e. The summed E-state index contributed by atoms with van der Waals surface area (Å²) in [7, 11) is -4.14. The monoisotopic (exact) mass is 537 g/mol. The Morgan fingerprint density at radius 1 is 0.795 bits per heavy atom. The molecule has 194 valence electrons. The number of carbonyl (C=O) groups excluding carboxylic acids is 2. The molecule has 0 bridgehead atoms. The Hall–Kier alpha value is -4.63. The van der Waals surface area contributed by atoms with Gasteiger partial charge in [0.25, 0.3) is 10.0 Å². The second-order valence-electron chi connectivity index (χ2n) is 9.65. The molecule has 1 N–H and O–H groups in total. The lowest BCUT2D eigenvalue weighted by atomic mass is 9.85. The molecule has 0 saturated carbocycles. The number of furan rings is 1. The first-order valence-electron chi connectivity index (χ1n) is 12.7. The summed E-state index contributed by atoms with van der Waals surface area (Å²) in [5, 5.41) is 3.99. The molecule has 1 saturated heterocycles. The molecule has 2 aromatic heterocycles. The molecule has 9 heteroatoms. The summed E-state index contributed by atoms with van der Waals surface area (Å²) in [5.74, 6) is -2.56. The lowest BCUT2D eigenvalue weighted by Gasteiger charge is -2.20. The molecule has 0 unspecified atom stereocenters. The van der Waals surface area contributed by atoms with Crippen molar-refractivity contribution in [1.82, 2.24) is 3.97 Å². The van der Waals surface area contributed by atoms with E-state index in [2.05, 4.69) is 5.32 Å². The van der Waals surface area contributed by atoms with Crippen molar-refractivity contribution in [2.45, 2.75) is 23.2 Å². The molecule has 0 aliphatic carbocycles. The predicted octanol–water partition coefficient (Wildman–Crippen LogP) is 4.88. The van der Waals surface area contributed by atoms with E-state index < -0.39 is 33.7 Å². The number of aromatic nitrogens is 1. The van der Waals surface area contributed by atoms with Gasteiger partial charge >= 0.3 is 0 Å². The molecule has 4 heterocycles. The summed E-state index contributed by atoms with van der Waals surface area (Å²) in [4.78, 5) is 29.8. The van der Waals surface area contributed by atoms with Gasteiger partial charge in [0.1, 0.15) is 0 Å². The van der Waals surface area contributed by atoms with Crippen molar-refractivity contribution in [3.63, 3.8) is 0 Å². The predicted molar refractivity (Wildman–Crippen MR) is 146 cm³/mol. The van der Waals surface area contributed by atoms with Crippen molar-refractivity contribution in [2.75, 3.05) is 16.8 Å². The Morgan fingerprint density at radius 3 is 2.23 bits per heavy atom. The smallest absolute Gasteiger partial charge is 0.268 e. The third-order valence-corrected chi connectivity index (χ3v) is 9.31. The van der Waals surface area contributed by atoms with Crippen LogP contribution in [0.3, 0.4) is 0 Å². The zero-order chi connectivity index (χ0) is 26.7. The number of nitrogens with one attached hydrogen (secondary N) is 1. The Bertz CT molecular complexity index is 1860. The van der Waals surface area contributed by atoms with Crippen molar-refractivity contribution in [3.05, 3.63) is 114 Å². The zero-order valence-electron chi connectivity index (χ0n) is 20.7. The van der Waals surface area contributed by atoms with Crippen LogP contribution in [0.15, 0.2) is 107 Å². The summed E-state index contributed by atoms with van der Waals surface area (Å²) < 4.78 is 35.6. The minimum absolute atomic E-state index is 0.101. The van der Waals surface area contributed by atoms with E-state index in [0.717, 1.165) is 5.39 Å². The molecule has 0 spiro atoms. The molecule has 8 nitrogen and oxygen atoms in total. The molecular weight excluding hydrogens is 514 g/mol. The van der Waals surface area contributed by atoms with E-state index in [1.54, 1.807) is 60.7 Å². The molecule has 2 aliphatic rings. The van der Waals surface area contributed by atoms with Gasteiger partial charge in [0.05, 0.1) is 39.9 Å². The SMILES string of the molecule is O=C1[C@H]2c3ccoc3NCCc3c(n(S(=O)(=O)c4ccccc4)c4ccccc34)[C@@H]2C(=O)N1c1ccccc1. The average molecular weight is 538 g/mol. The molecule has 2 atom stereocenters. The normalized spacial score (nSPS) is 19.0.